The van der Waals surface area contributed by atoms with Gasteiger partial charge in [-0.05, 0) is 46.3 Å². The highest BCUT2D eigenvalue weighted by molar-refractivity contribution is 9.10. The summed E-state index contributed by atoms with van der Waals surface area (Å²) in [5, 5.41) is 11.7. The Balaban J connectivity index is 2.23. The summed E-state index contributed by atoms with van der Waals surface area (Å²) in [4.78, 5) is 2.38. The molecule has 0 unspecified atom stereocenters. The first-order chi connectivity index (χ1) is 8.72. The zero-order valence-corrected chi connectivity index (χ0v) is 12.4. The van der Waals surface area contributed by atoms with E-state index < -0.39 is 0 Å². The highest BCUT2D eigenvalue weighted by Gasteiger charge is 2.13. The Hall–Kier alpha value is -0.880. The van der Waals surface area contributed by atoms with E-state index in [1.54, 1.807) is 0 Å². The minimum atomic E-state index is 0.133. The summed E-state index contributed by atoms with van der Waals surface area (Å²) in [7, 11) is 0. The Morgan fingerprint density at radius 3 is 2.94 bits per heavy atom. The van der Waals surface area contributed by atoms with E-state index in [4.69, 9.17) is 10.9 Å². The van der Waals surface area contributed by atoms with Crippen LogP contribution in [0.25, 0.3) is 0 Å². The van der Waals surface area contributed by atoms with Gasteiger partial charge in [-0.2, -0.15) is 11.8 Å². The van der Waals surface area contributed by atoms with Crippen molar-refractivity contribution in [2.24, 2.45) is 10.9 Å². The molecule has 18 heavy (non-hydrogen) atoms. The van der Waals surface area contributed by atoms with E-state index in [0.29, 0.717) is 0 Å². The highest BCUT2D eigenvalue weighted by Crippen LogP contribution is 2.29. The molecule has 0 atom stereocenters. The molecule has 3 N–H and O–H groups in total. The van der Waals surface area contributed by atoms with Gasteiger partial charge in [0.15, 0.2) is 5.84 Å². The first-order valence-electron chi connectivity index (χ1n) is 5.82. The zero-order chi connectivity index (χ0) is 13.0. The Bertz CT molecular complexity index is 445. The van der Waals surface area contributed by atoms with Crippen LogP contribution >= 0.6 is 27.7 Å². The lowest BCUT2D eigenvalue weighted by Crippen LogP contribution is -2.26. The SMILES string of the molecule is N/C(=N/O)c1ccc(N2CCCSCC2)c(Br)c1. The van der Waals surface area contributed by atoms with E-state index in [-0.39, 0.29) is 5.84 Å². The van der Waals surface area contributed by atoms with Crippen LogP contribution in [0, 0.1) is 0 Å². The van der Waals surface area contributed by atoms with Gasteiger partial charge in [0, 0.05) is 28.9 Å². The molecular formula is C12H16BrN3OS. The van der Waals surface area contributed by atoms with E-state index in [1.807, 2.05) is 30.0 Å². The van der Waals surface area contributed by atoms with Crippen molar-refractivity contribution in [1.82, 2.24) is 0 Å². The number of hydrogen-bond donors (Lipinski definition) is 2. The monoisotopic (exact) mass is 329 g/mol. The molecule has 0 aliphatic carbocycles. The molecule has 4 nitrogen and oxygen atoms in total. The molecule has 1 saturated heterocycles. The second-order valence-corrected chi connectivity index (χ2v) is 6.18. The van der Waals surface area contributed by atoms with Crippen LogP contribution < -0.4 is 10.6 Å². The Morgan fingerprint density at radius 1 is 1.39 bits per heavy atom. The summed E-state index contributed by atoms with van der Waals surface area (Å²) < 4.78 is 0.985. The minimum absolute atomic E-state index is 0.133. The first-order valence-corrected chi connectivity index (χ1v) is 7.77. The van der Waals surface area contributed by atoms with Gasteiger partial charge in [-0.15, -0.1) is 0 Å². The summed E-state index contributed by atoms with van der Waals surface area (Å²) in [5.41, 5.74) is 7.47. The van der Waals surface area contributed by atoms with E-state index in [0.717, 1.165) is 28.9 Å². The van der Waals surface area contributed by atoms with Gasteiger partial charge in [0.1, 0.15) is 0 Å². The van der Waals surface area contributed by atoms with E-state index in [9.17, 15) is 0 Å². The van der Waals surface area contributed by atoms with Gasteiger partial charge in [0.05, 0.1) is 5.69 Å². The van der Waals surface area contributed by atoms with Gasteiger partial charge in [-0.3, -0.25) is 0 Å². The predicted octanol–water partition coefficient (Wildman–Crippen LogP) is 2.49. The van der Waals surface area contributed by atoms with Crippen molar-refractivity contribution < 1.29 is 5.21 Å². The molecule has 1 heterocycles. The second kappa shape index (κ2) is 6.33. The summed E-state index contributed by atoms with van der Waals surface area (Å²) in [6.45, 7) is 2.14. The fourth-order valence-corrected chi connectivity index (χ4v) is 3.48. The third-order valence-electron chi connectivity index (χ3n) is 2.91. The minimum Gasteiger partial charge on any atom is -0.409 e. The molecule has 98 valence electrons. The highest BCUT2D eigenvalue weighted by atomic mass is 79.9. The molecule has 1 fully saturated rings. The second-order valence-electron chi connectivity index (χ2n) is 4.10. The lowest BCUT2D eigenvalue weighted by molar-refractivity contribution is 0.318. The van der Waals surface area contributed by atoms with E-state index in [1.165, 1.54) is 17.9 Å². The summed E-state index contributed by atoms with van der Waals surface area (Å²) >= 11 is 5.57. The van der Waals surface area contributed by atoms with Crippen LogP contribution in [0.4, 0.5) is 5.69 Å². The summed E-state index contributed by atoms with van der Waals surface area (Å²) in [5.74, 6) is 2.53. The summed E-state index contributed by atoms with van der Waals surface area (Å²) in [6.07, 6.45) is 1.21. The maximum atomic E-state index is 8.67. The molecule has 0 radical (unpaired) electrons. The van der Waals surface area contributed by atoms with Crippen LogP contribution in [0.5, 0.6) is 0 Å². The molecule has 0 saturated carbocycles. The zero-order valence-electron chi connectivity index (χ0n) is 9.97. The van der Waals surface area contributed by atoms with Crippen molar-refractivity contribution in [1.29, 1.82) is 0 Å². The van der Waals surface area contributed by atoms with Crippen LogP contribution in [-0.2, 0) is 0 Å². The van der Waals surface area contributed by atoms with Crippen LogP contribution in [0.15, 0.2) is 27.8 Å². The quantitative estimate of drug-likeness (QED) is 0.379. The van der Waals surface area contributed by atoms with Crippen molar-refractivity contribution in [3.8, 4) is 0 Å². The van der Waals surface area contributed by atoms with Crippen molar-refractivity contribution in [2.45, 2.75) is 6.42 Å². The number of anilines is 1. The molecule has 0 amide bonds. The van der Waals surface area contributed by atoms with Gasteiger partial charge in [0.25, 0.3) is 0 Å². The summed E-state index contributed by atoms with van der Waals surface area (Å²) in [6, 6.07) is 5.79. The molecule has 1 aromatic carbocycles. The number of oxime groups is 1. The lowest BCUT2D eigenvalue weighted by atomic mass is 10.1. The van der Waals surface area contributed by atoms with Crippen LogP contribution in [0.2, 0.25) is 0 Å². The maximum absolute atomic E-state index is 8.67. The van der Waals surface area contributed by atoms with Crippen LogP contribution in [-0.4, -0.2) is 35.6 Å². The number of benzene rings is 1. The molecule has 1 aliphatic heterocycles. The Labute approximate surface area is 119 Å². The fourth-order valence-electron chi connectivity index (χ4n) is 1.97. The molecule has 6 heteroatoms. The topological polar surface area (TPSA) is 61.9 Å². The molecule has 1 aliphatic rings. The molecule has 0 aromatic heterocycles. The first kappa shape index (κ1) is 13.5. The normalized spacial score (nSPS) is 17.6. The Morgan fingerprint density at radius 2 is 2.22 bits per heavy atom. The third kappa shape index (κ3) is 3.11. The van der Waals surface area contributed by atoms with Crippen LogP contribution in [0.3, 0.4) is 0 Å². The molecule has 0 spiro atoms. The number of amidine groups is 1. The number of hydrogen-bond acceptors (Lipinski definition) is 4. The van der Waals surface area contributed by atoms with Gasteiger partial charge < -0.3 is 15.8 Å². The molecular weight excluding hydrogens is 314 g/mol. The van der Waals surface area contributed by atoms with Crippen molar-refractivity contribution in [2.75, 3.05) is 29.5 Å². The van der Waals surface area contributed by atoms with E-state index >= 15 is 0 Å². The third-order valence-corrected chi connectivity index (χ3v) is 4.60. The average molecular weight is 330 g/mol. The number of nitrogens with zero attached hydrogens (tertiary/aromatic N) is 2. The molecule has 0 bridgehead atoms. The van der Waals surface area contributed by atoms with Crippen molar-refractivity contribution >= 4 is 39.2 Å². The predicted molar refractivity (Wildman–Crippen MR) is 80.8 cm³/mol. The standard InChI is InChI=1S/C12H16BrN3OS/c13-10-8-9(12(14)15-17)2-3-11(10)16-4-1-6-18-7-5-16/h2-3,8,17H,1,4-7H2,(H2,14,15). The number of thioether (sulfide) groups is 1. The fraction of sp³-hybridized carbons (Fsp3) is 0.417. The molecule has 1 aromatic rings. The van der Waals surface area contributed by atoms with Gasteiger partial charge in [-0.1, -0.05) is 5.16 Å². The van der Waals surface area contributed by atoms with Gasteiger partial charge >= 0.3 is 0 Å². The smallest absolute Gasteiger partial charge is 0.170 e. The number of rotatable bonds is 2. The largest absolute Gasteiger partial charge is 0.409 e. The maximum Gasteiger partial charge on any atom is 0.170 e. The van der Waals surface area contributed by atoms with Crippen molar-refractivity contribution in [3.63, 3.8) is 0 Å². The van der Waals surface area contributed by atoms with E-state index in [2.05, 4.69) is 26.0 Å². The Kier molecular flexibility index (Phi) is 4.77. The lowest BCUT2D eigenvalue weighted by Gasteiger charge is -2.24. The van der Waals surface area contributed by atoms with Crippen LogP contribution in [0.1, 0.15) is 12.0 Å². The van der Waals surface area contributed by atoms with Crippen molar-refractivity contribution in [3.05, 3.63) is 28.2 Å². The number of nitrogens with two attached hydrogens (primary N) is 1. The average Bonchev–Trinajstić information content (AvgIpc) is 2.66. The van der Waals surface area contributed by atoms with Gasteiger partial charge in [-0.25, -0.2) is 0 Å². The number of halogens is 1. The van der Waals surface area contributed by atoms with Gasteiger partial charge in [0.2, 0.25) is 0 Å². The molecule has 2 rings (SSSR count).